The summed E-state index contributed by atoms with van der Waals surface area (Å²) in [5.41, 5.74) is 4.96. The molecule has 1 saturated carbocycles. The van der Waals surface area contributed by atoms with Crippen molar-refractivity contribution < 1.29 is 22.7 Å². The van der Waals surface area contributed by atoms with Crippen LogP contribution in [0, 0.1) is 0 Å². The molecule has 0 aliphatic heterocycles. The molecular weight excluding hydrogens is 356 g/mol. The van der Waals surface area contributed by atoms with E-state index in [9.17, 15) is 13.2 Å². The topological polar surface area (TPSA) is 108 Å². The first kappa shape index (κ1) is 20.5. The molecule has 0 aromatic heterocycles. The van der Waals surface area contributed by atoms with Crippen LogP contribution in [-0.2, 0) is 14.6 Å². The SMILES string of the molecule is CCS(=O)(=O)[C@H]1[C@H](c2ccc(OC)cc2)[C@@]1(CN)NC(=O)OC(C)(C)C. The van der Waals surface area contributed by atoms with Crippen LogP contribution < -0.4 is 15.8 Å². The van der Waals surface area contributed by atoms with E-state index >= 15 is 0 Å². The van der Waals surface area contributed by atoms with Crippen LogP contribution >= 0.6 is 0 Å². The van der Waals surface area contributed by atoms with E-state index in [0.717, 1.165) is 5.56 Å². The van der Waals surface area contributed by atoms with Gasteiger partial charge in [-0.1, -0.05) is 19.1 Å². The molecule has 1 aliphatic carbocycles. The number of nitrogens with one attached hydrogen (secondary N) is 1. The van der Waals surface area contributed by atoms with Gasteiger partial charge in [-0.3, -0.25) is 0 Å². The average Bonchev–Trinajstić information content (AvgIpc) is 3.22. The lowest BCUT2D eigenvalue weighted by molar-refractivity contribution is 0.0497. The standard InChI is InChI=1S/C18H28N2O5S/c1-6-26(22,23)15-14(12-7-9-13(24-5)10-8-12)18(15,11-19)20-16(21)25-17(2,3)4/h7-10,14-15H,6,11,19H2,1-5H3,(H,20,21)/t14-,15-,18+/m0/s1. The Balaban J connectivity index is 2.38. The van der Waals surface area contributed by atoms with Crippen molar-refractivity contribution in [3.05, 3.63) is 29.8 Å². The normalized spacial score (nSPS) is 25.5. The number of carbonyl (C=O) groups excluding carboxylic acids is 1. The largest absolute Gasteiger partial charge is 0.497 e. The monoisotopic (exact) mass is 384 g/mol. The van der Waals surface area contributed by atoms with E-state index in [-0.39, 0.29) is 12.3 Å². The number of benzene rings is 1. The molecule has 0 unspecified atom stereocenters. The summed E-state index contributed by atoms with van der Waals surface area (Å²) >= 11 is 0. The third-order valence-corrected chi connectivity index (χ3v) is 6.86. The predicted octanol–water partition coefficient (Wildman–Crippen LogP) is 1.82. The van der Waals surface area contributed by atoms with Crippen LogP contribution in [0.5, 0.6) is 5.75 Å². The molecule has 3 atom stereocenters. The van der Waals surface area contributed by atoms with Gasteiger partial charge in [0.15, 0.2) is 9.84 Å². The first-order valence-electron chi connectivity index (χ1n) is 8.57. The molecule has 0 spiro atoms. The summed E-state index contributed by atoms with van der Waals surface area (Å²) in [6, 6.07) is 7.13. The van der Waals surface area contributed by atoms with Gasteiger partial charge in [0.1, 0.15) is 11.4 Å². The fraction of sp³-hybridized carbons (Fsp3) is 0.611. The molecule has 7 nitrogen and oxygen atoms in total. The molecule has 0 saturated heterocycles. The Bertz CT molecular complexity index is 755. The fourth-order valence-corrected chi connectivity index (χ4v) is 5.37. The Hall–Kier alpha value is -1.80. The van der Waals surface area contributed by atoms with Crippen LogP contribution in [0.2, 0.25) is 0 Å². The van der Waals surface area contributed by atoms with E-state index in [2.05, 4.69) is 5.32 Å². The highest BCUT2D eigenvalue weighted by molar-refractivity contribution is 7.92. The van der Waals surface area contributed by atoms with E-state index in [1.54, 1.807) is 59.1 Å². The number of alkyl carbamates (subject to hydrolysis) is 1. The van der Waals surface area contributed by atoms with E-state index in [1.807, 2.05) is 0 Å². The third-order valence-electron chi connectivity index (χ3n) is 4.59. The predicted molar refractivity (Wildman–Crippen MR) is 100 cm³/mol. The number of hydrogen-bond donors (Lipinski definition) is 2. The maximum absolute atomic E-state index is 12.6. The molecule has 1 amide bonds. The van der Waals surface area contributed by atoms with E-state index in [1.165, 1.54) is 0 Å². The minimum atomic E-state index is -3.43. The zero-order chi connectivity index (χ0) is 19.8. The second-order valence-electron chi connectivity index (χ2n) is 7.49. The van der Waals surface area contributed by atoms with Crippen LogP contribution in [0.3, 0.4) is 0 Å². The molecular formula is C18H28N2O5S. The smallest absolute Gasteiger partial charge is 0.408 e. The molecule has 1 aliphatic rings. The van der Waals surface area contributed by atoms with Gasteiger partial charge >= 0.3 is 6.09 Å². The maximum atomic E-state index is 12.6. The Kier molecular flexibility index (Phi) is 5.58. The molecule has 1 aromatic carbocycles. The minimum Gasteiger partial charge on any atom is -0.497 e. The van der Waals surface area contributed by atoms with Crippen molar-refractivity contribution in [2.45, 2.75) is 50.0 Å². The number of ether oxygens (including phenoxy) is 2. The van der Waals surface area contributed by atoms with Crippen molar-refractivity contribution in [2.75, 3.05) is 19.4 Å². The summed E-state index contributed by atoms with van der Waals surface area (Å²) < 4.78 is 35.7. The van der Waals surface area contributed by atoms with Gasteiger partial charge in [0, 0.05) is 18.2 Å². The first-order valence-corrected chi connectivity index (χ1v) is 10.3. The summed E-state index contributed by atoms with van der Waals surface area (Å²) in [5, 5.41) is 1.96. The van der Waals surface area contributed by atoms with Gasteiger partial charge in [0.25, 0.3) is 0 Å². The van der Waals surface area contributed by atoms with Crippen LogP contribution in [-0.4, -0.2) is 50.3 Å². The third kappa shape index (κ3) is 3.96. The van der Waals surface area contributed by atoms with Crippen molar-refractivity contribution in [1.82, 2.24) is 5.32 Å². The summed E-state index contributed by atoms with van der Waals surface area (Å²) in [4.78, 5) is 12.3. The molecule has 0 radical (unpaired) electrons. The number of carbonyl (C=O) groups is 1. The highest BCUT2D eigenvalue weighted by Crippen LogP contribution is 2.55. The second kappa shape index (κ2) is 7.08. The van der Waals surface area contributed by atoms with Crippen LogP contribution in [0.4, 0.5) is 4.79 Å². The maximum Gasteiger partial charge on any atom is 0.408 e. The Labute approximate surface area is 155 Å². The Morgan fingerprint density at radius 3 is 2.27 bits per heavy atom. The van der Waals surface area contributed by atoms with Crippen molar-refractivity contribution >= 4 is 15.9 Å². The highest BCUT2D eigenvalue weighted by atomic mass is 32.2. The van der Waals surface area contributed by atoms with Gasteiger partial charge < -0.3 is 20.5 Å². The van der Waals surface area contributed by atoms with Crippen molar-refractivity contribution in [1.29, 1.82) is 0 Å². The van der Waals surface area contributed by atoms with Gasteiger partial charge in [-0.25, -0.2) is 13.2 Å². The molecule has 26 heavy (non-hydrogen) atoms. The lowest BCUT2D eigenvalue weighted by Crippen LogP contribution is -2.49. The Morgan fingerprint density at radius 2 is 1.85 bits per heavy atom. The van der Waals surface area contributed by atoms with Gasteiger partial charge in [0.2, 0.25) is 0 Å². The number of methoxy groups -OCH3 is 1. The number of hydrogen-bond acceptors (Lipinski definition) is 6. The summed E-state index contributed by atoms with van der Waals surface area (Å²) in [5.74, 6) is 0.209. The van der Waals surface area contributed by atoms with Crippen LogP contribution in [0.25, 0.3) is 0 Å². The van der Waals surface area contributed by atoms with Crippen molar-refractivity contribution in [2.24, 2.45) is 5.73 Å². The molecule has 146 valence electrons. The molecule has 8 heteroatoms. The number of sulfone groups is 1. The van der Waals surface area contributed by atoms with Gasteiger partial charge in [-0.15, -0.1) is 0 Å². The highest BCUT2D eigenvalue weighted by Gasteiger charge is 2.71. The van der Waals surface area contributed by atoms with Crippen molar-refractivity contribution in [3.63, 3.8) is 0 Å². The zero-order valence-corrected chi connectivity index (χ0v) is 16.7. The van der Waals surface area contributed by atoms with Gasteiger partial charge in [0.05, 0.1) is 17.9 Å². The summed E-state index contributed by atoms with van der Waals surface area (Å²) in [7, 11) is -1.87. The van der Waals surface area contributed by atoms with Crippen LogP contribution in [0.15, 0.2) is 24.3 Å². The lowest BCUT2D eigenvalue weighted by Gasteiger charge is -2.24. The summed E-state index contributed by atoms with van der Waals surface area (Å²) in [6.45, 7) is 6.82. The quantitative estimate of drug-likeness (QED) is 0.774. The fourth-order valence-electron chi connectivity index (χ4n) is 3.33. The first-order chi connectivity index (χ1) is 12.0. The number of nitrogens with two attached hydrogens (primary N) is 1. The number of amides is 1. The number of rotatable bonds is 6. The van der Waals surface area contributed by atoms with Crippen molar-refractivity contribution in [3.8, 4) is 5.75 Å². The average molecular weight is 384 g/mol. The Morgan fingerprint density at radius 1 is 1.27 bits per heavy atom. The summed E-state index contributed by atoms with van der Waals surface area (Å²) in [6.07, 6.45) is -0.671. The minimum absolute atomic E-state index is 0.00711. The van der Waals surface area contributed by atoms with E-state index in [0.29, 0.717) is 5.75 Å². The molecule has 2 rings (SSSR count). The van der Waals surface area contributed by atoms with Gasteiger partial charge in [-0.2, -0.15) is 0 Å². The van der Waals surface area contributed by atoms with Gasteiger partial charge in [-0.05, 0) is 38.5 Å². The second-order valence-corrected chi connectivity index (χ2v) is 9.91. The van der Waals surface area contributed by atoms with E-state index < -0.39 is 38.2 Å². The molecule has 3 N–H and O–H groups in total. The molecule has 0 heterocycles. The molecule has 1 aromatic rings. The molecule has 0 bridgehead atoms. The molecule has 1 fully saturated rings. The van der Waals surface area contributed by atoms with E-state index in [4.69, 9.17) is 15.2 Å². The van der Waals surface area contributed by atoms with Crippen LogP contribution in [0.1, 0.15) is 39.2 Å². The lowest BCUT2D eigenvalue weighted by atomic mass is 10.1. The zero-order valence-electron chi connectivity index (χ0n) is 15.9.